The highest BCUT2D eigenvalue weighted by atomic mass is 28.4. The average Bonchev–Trinajstić information content (AvgIpc) is 3.04. The zero-order valence-corrected chi connectivity index (χ0v) is 28.7. The maximum Gasteiger partial charge on any atom is 0.277 e. The zero-order valence-electron chi connectivity index (χ0n) is 27.7. The van der Waals surface area contributed by atoms with Gasteiger partial charge >= 0.3 is 0 Å². The molecule has 0 N–H and O–H groups in total. The van der Waals surface area contributed by atoms with Gasteiger partial charge < -0.3 is 18.8 Å². The van der Waals surface area contributed by atoms with Gasteiger partial charge in [0.25, 0.3) is 5.91 Å². The minimum Gasteiger partial charge on any atom is -0.482 e. The second-order valence-corrected chi connectivity index (χ2v) is 18.0. The van der Waals surface area contributed by atoms with Crippen LogP contribution in [-0.2, 0) is 22.4 Å². The minimum absolute atomic E-state index is 0.0249. The molecule has 0 saturated heterocycles. The molecule has 8 nitrogen and oxygen atoms in total. The largest absolute Gasteiger partial charge is 0.482 e. The average molecular weight is 640 g/mol. The summed E-state index contributed by atoms with van der Waals surface area (Å²) in [5.41, 5.74) is 3.43. The van der Waals surface area contributed by atoms with Crippen molar-refractivity contribution in [1.29, 1.82) is 0 Å². The maximum absolute atomic E-state index is 14.4. The van der Waals surface area contributed by atoms with E-state index >= 15 is 0 Å². The number of pyridine rings is 1. The summed E-state index contributed by atoms with van der Waals surface area (Å²) in [6, 6.07) is 31.4. The number of benzene rings is 3. The van der Waals surface area contributed by atoms with E-state index in [1.54, 1.807) is 18.1 Å². The van der Waals surface area contributed by atoms with Gasteiger partial charge in [0.15, 0.2) is 19.8 Å². The predicted molar refractivity (Wildman–Crippen MR) is 184 cm³/mol. The number of fused-ring (bicyclic) bond motifs is 1. The Hall–Kier alpha value is -4.18. The maximum atomic E-state index is 14.4. The van der Waals surface area contributed by atoms with Crippen molar-refractivity contribution in [3.05, 3.63) is 135 Å². The molecule has 0 bridgehead atoms. The molecule has 1 aliphatic rings. The third kappa shape index (κ3) is 7.12. The number of aromatic nitrogens is 1. The normalized spacial score (nSPS) is 13.7. The van der Waals surface area contributed by atoms with Crippen molar-refractivity contribution in [3.8, 4) is 5.75 Å². The van der Waals surface area contributed by atoms with Gasteiger partial charge in [-0.05, 0) is 34.8 Å². The molecule has 2 heterocycles. The van der Waals surface area contributed by atoms with Gasteiger partial charge in [0.1, 0.15) is 13.3 Å². The molecule has 0 saturated carbocycles. The summed E-state index contributed by atoms with van der Waals surface area (Å²) < 4.78 is 20.3. The summed E-state index contributed by atoms with van der Waals surface area (Å²) in [6.45, 7) is 12.2. The van der Waals surface area contributed by atoms with Crippen LogP contribution in [-0.4, -0.2) is 50.7 Å². The number of methoxy groups -OCH3 is 1. The predicted octanol–water partition coefficient (Wildman–Crippen LogP) is 6.74. The molecule has 1 aliphatic heterocycles. The van der Waals surface area contributed by atoms with E-state index in [0.29, 0.717) is 18.8 Å². The molecule has 0 radical (unpaired) electrons. The zero-order chi connectivity index (χ0) is 32.9. The summed E-state index contributed by atoms with van der Waals surface area (Å²) in [5, 5.41) is 2.11. The molecule has 9 heteroatoms. The fourth-order valence-corrected chi connectivity index (χ4v) is 6.33. The molecule has 4 aromatic rings. The Bertz CT molecular complexity index is 1630. The summed E-state index contributed by atoms with van der Waals surface area (Å²) in [7, 11) is -0.608. The fraction of sp³-hybridized carbons (Fsp3) is 0.351. The number of hydrogen-bond donors (Lipinski definition) is 0. The number of carbonyl (C=O) groups is 1. The summed E-state index contributed by atoms with van der Waals surface area (Å²) in [6.07, 6.45) is 0. The first-order valence-corrected chi connectivity index (χ1v) is 18.7. The van der Waals surface area contributed by atoms with Crippen LogP contribution in [0.5, 0.6) is 5.75 Å². The van der Waals surface area contributed by atoms with E-state index in [2.05, 4.69) is 63.1 Å². The van der Waals surface area contributed by atoms with Crippen LogP contribution in [0.4, 0.5) is 0 Å². The lowest BCUT2D eigenvalue weighted by Gasteiger charge is -2.45. The molecule has 0 spiro atoms. The Morgan fingerprint density at radius 1 is 0.826 bits per heavy atom. The van der Waals surface area contributed by atoms with Crippen LogP contribution in [0.25, 0.3) is 0 Å². The van der Waals surface area contributed by atoms with Crippen molar-refractivity contribution in [2.45, 2.75) is 58.2 Å². The van der Waals surface area contributed by atoms with E-state index < -0.39 is 8.32 Å². The highest BCUT2D eigenvalue weighted by Crippen LogP contribution is 2.38. The highest BCUT2D eigenvalue weighted by molar-refractivity contribution is 6.74. The Morgan fingerprint density at radius 3 is 1.93 bits per heavy atom. The van der Waals surface area contributed by atoms with E-state index in [-0.39, 0.29) is 53.7 Å². The molecular weight excluding hydrogens is 595 g/mol. The van der Waals surface area contributed by atoms with Gasteiger partial charge in [-0.2, -0.15) is 0 Å². The van der Waals surface area contributed by atoms with Crippen LogP contribution in [0.15, 0.2) is 102 Å². The van der Waals surface area contributed by atoms with Gasteiger partial charge in [-0.3, -0.25) is 14.6 Å². The van der Waals surface area contributed by atoms with Gasteiger partial charge in [-0.1, -0.05) is 112 Å². The van der Waals surface area contributed by atoms with Crippen LogP contribution in [0.3, 0.4) is 0 Å². The number of nitrogens with zero attached hydrogens (tertiary/aromatic N) is 3. The lowest BCUT2D eigenvalue weighted by molar-refractivity contribution is 0.0605. The number of ether oxygens (including phenoxy) is 2. The molecule has 0 fully saturated rings. The first kappa shape index (κ1) is 33.2. The third-order valence-corrected chi connectivity index (χ3v) is 13.5. The van der Waals surface area contributed by atoms with E-state index in [0.717, 1.165) is 16.7 Å². The SMILES string of the molecule is COCCN1CN(C(c2ccccc2)c2ccccc2)n2c(CO[Si](C)(C)C(C)(C)C)cc(=O)c(OCc3ccccc3)c2C1=O. The minimum atomic E-state index is -2.23. The monoisotopic (exact) mass is 639 g/mol. The molecule has 0 aliphatic carbocycles. The standard InChI is InChI=1S/C37H45N3O5Si/c1-37(2,3)46(5,6)45-26-31-24-32(41)35(44-25-28-16-10-7-11-17-28)34-36(42)38(22-23-43-4)27-39(40(31)34)33(29-18-12-8-13-19-29)30-20-14-9-15-21-30/h7-21,24,33H,22-23,25-27H2,1-6H3. The third-order valence-electron chi connectivity index (χ3n) is 8.99. The van der Waals surface area contributed by atoms with E-state index in [9.17, 15) is 9.59 Å². The van der Waals surface area contributed by atoms with E-state index in [1.807, 2.05) is 71.4 Å². The van der Waals surface area contributed by atoms with Gasteiger partial charge in [0.05, 0.1) is 24.9 Å². The lowest BCUT2D eigenvalue weighted by atomic mass is 9.98. The molecule has 1 aromatic heterocycles. The smallest absolute Gasteiger partial charge is 0.277 e. The van der Waals surface area contributed by atoms with E-state index in [1.165, 1.54) is 0 Å². The second-order valence-electron chi connectivity index (χ2n) is 13.2. The molecule has 0 atom stereocenters. The Balaban J connectivity index is 1.74. The Morgan fingerprint density at radius 2 is 1.39 bits per heavy atom. The topological polar surface area (TPSA) is 73.2 Å². The van der Waals surface area contributed by atoms with Gasteiger partial charge in [0.2, 0.25) is 5.43 Å². The van der Waals surface area contributed by atoms with Crippen molar-refractivity contribution in [3.63, 3.8) is 0 Å². The van der Waals surface area contributed by atoms with E-state index in [4.69, 9.17) is 13.9 Å². The van der Waals surface area contributed by atoms with Crippen LogP contribution in [0.2, 0.25) is 18.1 Å². The van der Waals surface area contributed by atoms with Gasteiger partial charge in [-0.15, -0.1) is 0 Å². The molecular formula is C37H45N3O5Si. The van der Waals surface area contributed by atoms with Crippen LogP contribution in [0.1, 0.15) is 59.7 Å². The Labute approximate surface area is 273 Å². The first-order chi connectivity index (χ1) is 22.0. The second kappa shape index (κ2) is 14.1. The summed E-state index contributed by atoms with van der Waals surface area (Å²) >= 11 is 0. The number of rotatable bonds is 12. The number of amides is 1. The van der Waals surface area contributed by atoms with Crippen molar-refractivity contribution < 1.29 is 18.7 Å². The summed E-state index contributed by atoms with van der Waals surface area (Å²) in [5.74, 6) is -0.264. The molecule has 0 unspecified atom stereocenters. The lowest BCUT2D eigenvalue weighted by Crippen LogP contribution is -2.57. The van der Waals surface area contributed by atoms with Crippen molar-refractivity contribution in [1.82, 2.24) is 9.58 Å². The van der Waals surface area contributed by atoms with Crippen LogP contribution in [0, 0.1) is 0 Å². The molecule has 46 heavy (non-hydrogen) atoms. The highest BCUT2D eigenvalue weighted by Gasteiger charge is 2.41. The Kier molecular flexibility index (Phi) is 10.2. The molecule has 242 valence electrons. The van der Waals surface area contributed by atoms with Gasteiger partial charge in [0, 0.05) is 19.7 Å². The summed E-state index contributed by atoms with van der Waals surface area (Å²) in [4.78, 5) is 30.1. The quantitative estimate of drug-likeness (QED) is 0.160. The molecule has 1 amide bonds. The van der Waals surface area contributed by atoms with Gasteiger partial charge in [-0.25, -0.2) is 4.68 Å². The fourth-order valence-electron chi connectivity index (χ4n) is 5.39. The van der Waals surface area contributed by atoms with Crippen molar-refractivity contribution >= 4 is 14.2 Å². The first-order valence-electron chi connectivity index (χ1n) is 15.8. The van der Waals surface area contributed by atoms with Crippen molar-refractivity contribution in [2.24, 2.45) is 0 Å². The number of carbonyl (C=O) groups excluding carboxylic acids is 1. The number of hydrogen-bond acceptors (Lipinski definition) is 6. The van der Waals surface area contributed by atoms with Crippen molar-refractivity contribution in [2.75, 3.05) is 31.9 Å². The van der Waals surface area contributed by atoms with Crippen LogP contribution >= 0.6 is 0 Å². The van der Waals surface area contributed by atoms with Crippen LogP contribution < -0.4 is 15.2 Å². The molecule has 5 rings (SSSR count). The molecule has 3 aromatic carbocycles.